The smallest absolute Gasteiger partial charge is 0.268 e. The third-order valence-corrected chi connectivity index (χ3v) is 5.20. The summed E-state index contributed by atoms with van der Waals surface area (Å²) in [4.78, 5) is 37.2. The third kappa shape index (κ3) is 2.80. The maximum Gasteiger partial charge on any atom is 0.306 e. The topological polar surface area (TPSA) is 54.5 Å². The van der Waals surface area contributed by atoms with Gasteiger partial charge in [0.25, 0.3) is 11.8 Å². The normalized spacial score (nSPS) is 13.4. The first kappa shape index (κ1) is 14.9. The van der Waals surface area contributed by atoms with E-state index in [1.807, 2.05) is 30.3 Å². The van der Waals surface area contributed by atoms with Crippen molar-refractivity contribution in [2.24, 2.45) is 0 Å². The van der Waals surface area contributed by atoms with Crippen molar-refractivity contribution in [2.75, 3.05) is 0 Å². The number of hydrogen-bond acceptors (Lipinski definition) is 5. The molecule has 6 heteroatoms. The van der Waals surface area contributed by atoms with Crippen molar-refractivity contribution in [3.8, 4) is 0 Å². The predicted octanol–water partition coefficient (Wildman–Crippen LogP) is 3.98. The summed E-state index contributed by atoms with van der Waals surface area (Å²) in [5.74, 6) is -0.461. The Morgan fingerprint density at radius 3 is 2.00 bits per heavy atom. The van der Waals surface area contributed by atoms with E-state index in [4.69, 9.17) is 0 Å². The fraction of sp³-hybridized carbons (Fsp3) is 0.0625. The van der Waals surface area contributed by atoms with Crippen LogP contribution in [0, 0.1) is 0 Å². The highest BCUT2D eigenvalue weighted by Crippen LogP contribution is 2.32. The quantitative estimate of drug-likeness (QED) is 0.629. The summed E-state index contributed by atoms with van der Waals surface area (Å²) in [6.45, 7) is 0. The molecule has 110 valence electrons. The number of carbonyl (C=O) groups is 3. The van der Waals surface area contributed by atoms with E-state index < -0.39 is 17.1 Å². The molecule has 4 nitrogen and oxygen atoms in total. The summed E-state index contributed by atoms with van der Waals surface area (Å²) < 4.78 is 0. The Labute approximate surface area is 135 Å². The van der Waals surface area contributed by atoms with Crippen LogP contribution in [0.5, 0.6) is 0 Å². The molecule has 0 saturated carbocycles. The van der Waals surface area contributed by atoms with E-state index in [-0.39, 0.29) is 11.1 Å². The molecule has 2 aromatic rings. The minimum atomic E-state index is -0.549. The van der Waals surface area contributed by atoms with Gasteiger partial charge in [-0.2, -0.15) is 0 Å². The maximum absolute atomic E-state index is 12.2. The molecule has 2 aromatic carbocycles. The lowest BCUT2D eigenvalue weighted by molar-refractivity contribution is 0.0722. The molecular formula is C16H11NO3S2. The summed E-state index contributed by atoms with van der Waals surface area (Å²) in [6, 6.07) is 16.2. The van der Waals surface area contributed by atoms with Gasteiger partial charge < -0.3 is 0 Å². The fourth-order valence-corrected chi connectivity index (χ4v) is 3.95. The molecule has 0 bridgehead atoms. The standard InChI is InChI=1S/C16H11NO3S2/c18-14-12-8-4-5-9-13(12)15(19)17(14)16(20)22-21-10-11-6-2-1-3-7-11/h1-9H,10H2. The molecule has 1 heterocycles. The van der Waals surface area contributed by atoms with Gasteiger partial charge in [0.1, 0.15) is 0 Å². The number of amides is 3. The van der Waals surface area contributed by atoms with Crippen LogP contribution in [0.1, 0.15) is 26.3 Å². The van der Waals surface area contributed by atoms with Crippen LogP contribution < -0.4 is 0 Å². The number of benzene rings is 2. The van der Waals surface area contributed by atoms with Crippen molar-refractivity contribution in [1.29, 1.82) is 0 Å². The van der Waals surface area contributed by atoms with Gasteiger partial charge in [0.05, 0.1) is 11.1 Å². The second kappa shape index (κ2) is 6.37. The Balaban J connectivity index is 1.64. The molecule has 0 unspecified atom stereocenters. The monoisotopic (exact) mass is 329 g/mol. The first-order valence-electron chi connectivity index (χ1n) is 6.53. The van der Waals surface area contributed by atoms with Crippen molar-refractivity contribution < 1.29 is 14.4 Å². The van der Waals surface area contributed by atoms with Gasteiger partial charge in [-0.1, -0.05) is 53.3 Å². The molecule has 0 aromatic heterocycles. The fourth-order valence-electron chi connectivity index (χ4n) is 2.11. The second-order valence-corrected chi connectivity index (χ2v) is 6.84. The van der Waals surface area contributed by atoms with E-state index in [2.05, 4.69) is 0 Å². The minimum Gasteiger partial charge on any atom is -0.268 e. The van der Waals surface area contributed by atoms with Crippen LogP contribution in [-0.2, 0) is 5.75 Å². The molecule has 1 aliphatic heterocycles. The molecule has 22 heavy (non-hydrogen) atoms. The van der Waals surface area contributed by atoms with E-state index in [9.17, 15) is 14.4 Å². The second-order valence-electron chi connectivity index (χ2n) is 4.59. The summed E-state index contributed by atoms with van der Waals surface area (Å²) in [6.07, 6.45) is 0. The van der Waals surface area contributed by atoms with Gasteiger partial charge >= 0.3 is 5.24 Å². The lowest BCUT2D eigenvalue weighted by atomic mass is 10.1. The largest absolute Gasteiger partial charge is 0.306 e. The Morgan fingerprint density at radius 1 is 0.864 bits per heavy atom. The van der Waals surface area contributed by atoms with E-state index in [1.165, 1.54) is 10.8 Å². The molecule has 0 atom stereocenters. The average Bonchev–Trinajstić information content (AvgIpc) is 2.80. The van der Waals surface area contributed by atoms with Gasteiger partial charge in [-0.25, -0.2) is 4.90 Å². The van der Waals surface area contributed by atoms with Crippen LogP contribution in [0.3, 0.4) is 0 Å². The Morgan fingerprint density at radius 2 is 1.41 bits per heavy atom. The molecule has 0 radical (unpaired) electrons. The zero-order valence-electron chi connectivity index (χ0n) is 11.4. The summed E-state index contributed by atoms with van der Waals surface area (Å²) in [5.41, 5.74) is 1.65. The molecule has 3 rings (SSSR count). The summed E-state index contributed by atoms with van der Waals surface area (Å²) in [5, 5.41) is -0.549. The van der Waals surface area contributed by atoms with E-state index in [0.717, 1.165) is 16.4 Å². The van der Waals surface area contributed by atoms with Crippen LogP contribution in [0.25, 0.3) is 0 Å². The van der Waals surface area contributed by atoms with Crippen LogP contribution in [0.2, 0.25) is 0 Å². The molecule has 0 N–H and O–H groups in total. The highest BCUT2D eigenvalue weighted by molar-refractivity contribution is 8.81. The highest BCUT2D eigenvalue weighted by Gasteiger charge is 2.39. The van der Waals surface area contributed by atoms with Crippen LogP contribution in [-0.4, -0.2) is 22.0 Å². The first-order chi connectivity index (χ1) is 10.7. The lowest BCUT2D eigenvalue weighted by Crippen LogP contribution is -2.32. The van der Waals surface area contributed by atoms with E-state index in [1.54, 1.807) is 24.3 Å². The molecule has 0 aliphatic carbocycles. The number of carbonyl (C=O) groups excluding carboxylic acids is 3. The van der Waals surface area contributed by atoms with Crippen molar-refractivity contribution in [2.45, 2.75) is 5.75 Å². The SMILES string of the molecule is O=C(SSCc1ccccc1)N1C(=O)c2ccccc2C1=O. The average molecular weight is 329 g/mol. The first-order valence-corrected chi connectivity index (χ1v) is 8.85. The Bertz CT molecular complexity index is 711. The maximum atomic E-state index is 12.2. The zero-order chi connectivity index (χ0) is 15.5. The van der Waals surface area contributed by atoms with Gasteiger partial charge in [0.2, 0.25) is 0 Å². The summed E-state index contributed by atoms with van der Waals surface area (Å²) >= 11 is 0. The molecule has 0 fully saturated rings. The minimum absolute atomic E-state index is 0.287. The van der Waals surface area contributed by atoms with Crippen molar-refractivity contribution in [3.05, 3.63) is 71.3 Å². The van der Waals surface area contributed by atoms with E-state index >= 15 is 0 Å². The van der Waals surface area contributed by atoms with Crippen LogP contribution in [0.4, 0.5) is 4.79 Å². The Hall–Kier alpha value is -2.05. The van der Waals surface area contributed by atoms with Gasteiger partial charge in [-0.05, 0) is 17.7 Å². The van der Waals surface area contributed by atoms with Gasteiger partial charge in [-0.15, -0.1) is 0 Å². The van der Waals surface area contributed by atoms with Gasteiger partial charge in [0.15, 0.2) is 0 Å². The zero-order valence-corrected chi connectivity index (χ0v) is 13.0. The molecular weight excluding hydrogens is 318 g/mol. The van der Waals surface area contributed by atoms with E-state index in [0.29, 0.717) is 10.7 Å². The lowest BCUT2D eigenvalue weighted by Gasteiger charge is -2.10. The van der Waals surface area contributed by atoms with Crippen LogP contribution in [0.15, 0.2) is 54.6 Å². The van der Waals surface area contributed by atoms with Gasteiger partial charge in [-0.3, -0.25) is 14.4 Å². The highest BCUT2D eigenvalue weighted by atomic mass is 33.1. The molecule has 3 amide bonds. The number of imide groups is 3. The van der Waals surface area contributed by atoms with Crippen LogP contribution >= 0.6 is 21.6 Å². The molecule has 0 saturated heterocycles. The number of hydrogen-bond donors (Lipinski definition) is 0. The van der Waals surface area contributed by atoms with Crippen molar-refractivity contribution in [1.82, 2.24) is 4.90 Å². The molecule has 1 aliphatic rings. The number of fused-ring (bicyclic) bond motifs is 1. The van der Waals surface area contributed by atoms with Crippen molar-refractivity contribution >= 4 is 38.6 Å². The number of rotatable bonds is 3. The Kier molecular flexibility index (Phi) is 4.31. The predicted molar refractivity (Wildman–Crippen MR) is 87.7 cm³/mol. The van der Waals surface area contributed by atoms with Crippen molar-refractivity contribution in [3.63, 3.8) is 0 Å². The number of nitrogens with zero attached hydrogens (tertiary/aromatic N) is 1. The third-order valence-electron chi connectivity index (χ3n) is 3.18. The summed E-state index contributed by atoms with van der Waals surface area (Å²) in [7, 11) is 2.21. The molecule has 0 spiro atoms. The van der Waals surface area contributed by atoms with Gasteiger partial charge in [0, 0.05) is 16.5 Å².